The Kier molecular flexibility index (Phi) is 3.23. The van der Waals surface area contributed by atoms with Crippen molar-refractivity contribution < 1.29 is 13.2 Å². The van der Waals surface area contributed by atoms with Gasteiger partial charge in [-0.05, 0) is 30.5 Å². The van der Waals surface area contributed by atoms with Gasteiger partial charge in [0.2, 0.25) is 0 Å². The van der Waals surface area contributed by atoms with Gasteiger partial charge in [-0.15, -0.1) is 0 Å². The van der Waals surface area contributed by atoms with Crippen molar-refractivity contribution >= 4 is 0 Å². The van der Waals surface area contributed by atoms with Gasteiger partial charge in [-0.25, -0.2) is 9.67 Å². The third-order valence-electron chi connectivity index (χ3n) is 3.46. The lowest BCUT2D eigenvalue weighted by Gasteiger charge is -2.09. The highest BCUT2D eigenvalue weighted by molar-refractivity contribution is 5.26. The van der Waals surface area contributed by atoms with Crippen LogP contribution >= 0.6 is 0 Å². The second-order valence-electron chi connectivity index (χ2n) is 5.00. The summed E-state index contributed by atoms with van der Waals surface area (Å²) in [6.07, 6.45) is -0.656. The van der Waals surface area contributed by atoms with Gasteiger partial charge in [0.15, 0.2) is 5.82 Å². The van der Waals surface area contributed by atoms with Gasteiger partial charge in [0.25, 0.3) is 0 Å². The third kappa shape index (κ3) is 2.69. The molecule has 2 aromatic rings. The molecule has 1 aromatic heterocycles. The lowest BCUT2D eigenvalue weighted by Crippen LogP contribution is -2.11. The zero-order chi connectivity index (χ0) is 14.2. The van der Waals surface area contributed by atoms with Crippen LogP contribution < -0.4 is 0 Å². The fourth-order valence-electron chi connectivity index (χ4n) is 2.40. The molecule has 0 saturated carbocycles. The average Bonchev–Trinajstić information content (AvgIpc) is 2.80. The highest BCUT2D eigenvalue weighted by Crippen LogP contribution is 2.29. The maximum Gasteiger partial charge on any atom is 0.416 e. The molecule has 0 saturated heterocycles. The Balaban J connectivity index is 1.76. The van der Waals surface area contributed by atoms with E-state index in [0.29, 0.717) is 12.2 Å². The van der Waals surface area contributed by atoms with Gasteiger partial charge < -0.3 is 0 Å². The van der Waals surface area contributed by atoms with Crippen LogP contribution in [0.25, 0.3) is 0 Å². The quantitative estimate of drug-likeness (QED) is 0.846. The fraction of sp³-hybridized carbons (Fsp3) is 0.429. The first-order valence-corrected chi connectivity index (χ1v) is 6.61. The standard InChI is InChI=1S/C14H14F3N3/c15-14(16,17)11-6-4-10(5-7-11)9-12-18-13-3-1-2-8-20(13)19-12/h4-7H,1-3,8-9H2. The molecule has 0 fully saturated rings. The van der Waals surface area contributed by atoms with Crippen LogP contribution in [0.3, 0.4) is 0 Å². The zero-order valence-electron chi connectivity index (χ0n) is 10.8. The SMILES string of the molecule is FC(F)(F)c1ccc(Cc2nc3n(n2)CCCC3)cc1. The molecule has 20 heavy (non-hydrogen) atoms. The summed E-state index contributed by atoms with van der Waals surface area (Å²) in [5, 5.41) is 4.40. The molecule has 0 N–H and O–H groups in total. The Labute approximate surface area is 114 Å². The molecule has 1 aliphatic rings. The van der Waals surface area contributed by atoms with Crippen molar-refractivity contribution in [2.75, 3.05) is 0 Å². The van der Waals surface area contributed by atoms with Crippen LogP contribution in [0.4, 0.5) is 13.2 Å². The van der Waals surface area contributed by atoms with Crippen LogP contribution in [0.5, 0.6) is 0 Å². The second-order valence-corrected chi connectivity index (χ2v) is 5.00. The number of halogens is 3. The van der Waals surface area contributed by atoms with Crippen molar-refractivity contribution in [3.8, 4) is 0 Å². The van der Waals surface area contributed by atoms with Crippen molar-refractivity contribution in [3.63, 3.8) is 0 Å². The van der Waals surface area contributed by atoms with Gasteiger partial charge in [-0.1, -0.05) is 12.1 Å². The van der Waals surface area contributed by atoms with Gasteiger partial charge in [-0.2, -0.15) is 18.3 Å². The Morgan fingerprint density at radius 1 is 1.10 bits per heavy atom. The number of hydrogen-bond acceptors (Lipinski definition) is 2. The monoisotopic (exact) mass is 281 g/mol. The highest BCUT2D eigenvalue weighted by atomic mass is 19.4. The minimum absolute atomic E-state index is 0.470. The molecular formula is C14H14F3N3. The normalized spacial score (nSPS) is 15.2. The summed E-state index contributed by atoms with van der Waals surface area (Å²) in [4.78, 5) is 4.45. The number of aromatic nitrogens is 3. The largest absolute Gasteiger partial charge is 0.416 e. The van der Waals surface area contributed by atoms with Gasteiger partial charge in [0.05, 0.1) is 5.56 Å². The van der Waals surface area contributed by atoms with Crippen LogP contribution in [-0.4, -0.2) is 14.8 Å². The molecule has 0 spiro atoms. The number of alkyl halides is 3. The average molecular weight is 281 g/mol. The summed E-state index contributed by atoms with van der Waals surface area (Å²) in [5.74, 6) is 1.67. The fourth-order valence-corrected chi connectivity index (χ4v) is 2.40. The first kappa shape index (κ1) is 13.1. The van der Waals surface area contributed by atoms with Crippen molar-refractivity contribution in [2.24, 2.45) is 0 Å². The summed E-state index contributed by atoms with van der Waals surface area (Å²) in [7, 11) is 0. The predicted octanol–water partition coefficient (Wildman–Crippen LogP) is 3.22. The Bertz CT molecular complexity index is 576. The summed E-state index contributed by atoms with van der Waals surface area (Å²) in [5.41, 5.74) is 0.166. The first-order chi connectivity index (χ1) is 9.52. The van der Waals surface area contributed by atoms with E-state index in [1.165, 1.54) is 12.1 Å². The van der Waals surface area contributed by atoms with E-state index in [9.17, 15) is 13.2 Å². The summed E-state index contributed by atoms with van der Waals surface area (Å²) >= 11 is 0. The molecule has 0 aliphatic carbocycles. The Morgan fingerprint density at radius 3 is 2.50 bits per heavy atom. The number of rotatable bonds is 2. The molecule has 6 heteroatoms. The van der Waals surface area contributed by atoms with E-state index in [1.54, 1.807) is 0 Å². The second kappa shape index (κ2) is 4.92. The maximum absolute atomic E-state index is 12.5. The number of fused-ring (bicyclic) bond motifs is 1. The number of nitrogens with zero attached hydrogens (tertiary/aromatic N) is 3. The van der Waals surface area contributed by atoms with E-state index in [-0.39, 0.29) is 0 Å². The molecule has 3 nitrogen and oxygen atoms in total. The minimum atomic E-state index is -4.29. The van der Waals surface area contributed by atoms with E-state index in [0.717, 1.165) is 49.3 Å². The number of aryl methyl sites for hydroxylation is 2. The summed E-state index contributed by atoms with van der Waals surface area (Å²) in [6, 6.07) is 5.18. The van der Waals surface area contributed by atoms with Crippen LogP contribution in [0.1, 0.15) is 35.6 Å². The van der Waals surface area contributed by atoms with Crippen molar-refractivity contribution in [1.82, 2.24) is 14.8 Å². The van der Waals surface area contributed by atoms with Crippen LogP contribution in [0, 0.1) is 0 Å². The van der Waals surface area contributed by atoms with E-state index in [4.69, 9.17) is 0 Å². The molecule has 1 aliphatic heterocycles. The third-order valence-corrected chi connectivity index (χ3v) is 3.46. The molecule has 2 heterocycles. The smallest absolute Gasteiger partial charge is 0.250 e. The zero-order valence-corrected chi connectivity index (χ0v) is 10.8. The molecule has 0 amide bonds. The van der Waals surface area contributed by atoms with Gasteiger partial charge in [-0.3, -0.25) is 0 Å². The van der Waals surface area contributed by atoms with Crippen molar-refractivity contribution in [2.45, 2.75) is 38.4 Å². The van der Waals surface area contributed by atoms with E-state index >= 15 is 0 Å². The first-order valence-electron chi connectivity index (χ1n) is 6.61. The lowest BCUT2D eigenvalue weighted by molar-refractivity contribution is -0.137. The molecule has 0 atom stereocenters. The molecule has 0 bridgehead atoms. The van der Waals surface area contributed by atoms with Gasteiger partial charge in [0.1, 0.15) is 5.82 Å². The lowest BCUT2D eigenvalue weighted by atomic mass is 10.1. The maximum atomic E-state index is 12.5. The van der Waals surface area contributed by atoms with Crippen LogP contribution in [-0.2, 0) is 25.6 Å². The van der Waals surface area contributed by atoms with Crippen LogP contribution in [0.15, 0.2) is 24.3 Å². The Hall–Kier alpha value is -1.85. The van der Waals surface area contributed by atoms with Gasteiger partial charge >= 0.3 is 6.18 Å². The number of benzene rings is 1. The predicted molar refractivity (Wildman–Crippen MR) is 67.2 cm³/mol. The molecule has 0 radical (unpaired) electrons. The van der Waals surface area contributed by atoms with Crippen molar-refractivity contribution in [1.29, 1.82) is 0 Å². The van der Waals surface area contributed by atoms with E-state index in [2.05, 4.69) is 10.1 Å². The molecule has 3 rings (SSSR count). The van der Waals surface area contributed by atoms with E-state index < -0.39 is 11.7 Å². The number of hydrogen-bond donors (Lipinski definition) is 0. The van der Waals surface area contributed by atoms with Crippen molar-refractivity contribution in [3.05, 3.63) is 47.0 Å². The molecule has 1 aromatic carbocycles. The molecule has 106 valence electrons. The molecule has 0 unspecified atom stereocenters. The molecular weight excluding hydrogens is 267 g/mol. The topological polar surface area (TPSA) is 30.7 Å². The Morgan fingerprint density at radius 2 is 1.85 bits per heavy atom. The summed E-state index contributed by atoms with van der Waals surface area (Å²) < 4.78 is 39.3. The summed E-state index contributed by atoms with van der Waals surface area (Å²) in [6.45, 7) is 0.884. The van der Waals surface area contributed by atoms with Gasteiger partial charge in [0, 0.05) is 19.4 Å². The van der Waals surface area contributed by atoms with E-state index in [1.807, 2.05) is 4.68 Å². The van der Waals surface area contributed by atoms with Crippen LogP contribution in [0.2, 0.25) is 0 Å². The minimum Gasteiger partial charge on any atom is -0.250 e. The highest BCUT2D eigenvalue weighted by Gasteiger charge is 2.29.